The molecule has 2 rings (SSSR count). The smallest absolute Gasteiger partial charge is 0.251 e. The highest BCUT2D eigenvalue weighted by Crippen LogP contribution is 2.13. The number of carbonyl (C=O) groups excluding carboxylic acids is 2. The van der Waals surface area contributed by atoms with Crippen molar-refractivity contribution in [3.05, 3.63) is 29.8 Å². The number of amides is 2. The average Bonchev–Trinajstić information content (AvgIpc) is 2.96. The highest BCUT2D eigenvalue weighted by atomic mass is 32.2. The lowest BCUT2D eigenvalue weighted by molar-refractivity contribution is -0.127. The normalized spacial score (nSPS) is 18.0. The molecule has 0 saturated carbocycles. The molecule has 0 aromatic heterocycles. The molecule has 2 amide bonds. The molecular formula is C15H21N3O5S. The Balaban J connectivity index is 1.90. The lowest BCUT2D eigenvalue weighted by Crippen LogP contribution is -2.41. The number of carbonyl (C=O) groups is 2. The standard InChI is InChI=1S/C15H21N3O5S/c1-17(2)24(22,23)10-14(20)18-8-7-12(9-18)16-15(21)11-3-5-13(19)6-4-11/h3-6,12,19H,7-10H2,1-2H3,(H,16,21)/t12-/m1/s1. The maximum absolute atomic E-state index is 12.1. The second-order valence-electron chi connectivity index (χ2n) is 5.88. The van der Waals surface area contributed by atoms with Crippen molar-refractivity contribution in [1.82, 2.24) is 14.5 Å². The Labute approximate surface area is 141 Å². The van der Waals surface area contributed by atoms with Crippen LogP contribution in [-0.2, 0) is 14.8 Å². The Morgan fingerprint density at radius 3 is 2.50 bits per heavy atom. The number of hydrogen-bond acceptors (Lipinski definition) is 5. The fraction of sp³-hybridized carbons (Fsp3) is 0.467. The summed E-state index contributed by atoms with van der Waals surface area (Å²) in [6.07, 6.45) is 0.567. The van der Waals surface area contributed by atoms with E-state index >= 15 is 0 Å². The molecule has 9 heteroatoms. The minimum Gasteiger partial charge on any atom is -0.508 e. The third kappa shape index (κ3) is 4.45. The number of rotatable bonds is 5. The van der Waals surface area contributed by atoms with Crippen molar-refractivity contribution in [1.29, 1.82) is 0 Å². The fourth-order valence-electron chi connectivity index (χ4n) is 2.36. The van der Waals surface area contributed by atoms with Crippen molar-refractivity contribution in [2.75, 3.05) is 32.9 Å². The largest absolute Gasteiger partial charge is 0.508 e. The molecule has 1 aromatic rings. The molecule has 0 bridgehead atoms. The average molecular weight is 355 g/mol. The summed E-state index contributed by atoms with van der Waals surface area (Å²) < 4.78 is 24.5. The van der Waals surface area contributed by atoms with Gasteiger partial charge in [0, 0.05) is 38.8 Å². The first-order valence-electron chi connectivity index (χ1n) is 7.47. The summed E-state index contributed by atoms with van der Waals surface area (Å²) in [5.74, 6) is -1.26. The number of likely N-dealkylation sites (tertiary alicyclic amines) is 1. The Morgan fingerprint density at radius 1 is 1.29 bits per heavy atom. The molecule has 1 aromatic carbocycles. The van der Waals surface area contributed by atoms with Gasteiger partial charge in [0.05, 0.1) is 0 Å². The lowest BCUT2D eigenvalue weighted by atomic mass is 10.2. The molecule has 1 aliphatic heterocycles. The minimum atomic E-state index is -3.59. The fourth-order valence-corrected chi connectivity index (χ4v) is 3.12. The van der Waals surface area contributed by atoms with Gasteiger partial charge >= 0.3 is 0 Å². The van der Waals surface area contributed by atoms with Crippen LogP contribution in [-0.4, -0.2) is 73.5 Å². The zero-order valence-electron chi connectivity index (χ0n) is 13.6. The van der Waals surface area contributed by atoms with Crippen LogP contribution in [0.3, 0.4) is 0 Å². The van der Waals surface area contributed by atoms with Crippen LogP contribution in [0.1, 0.15) is 16.8 Å². The van der Waals surface area contributed by atoms with E-state index < -0.39 is 21.7 Å². The lowest BCUT2D eigenvalue weighted by Gasteiger charge is -2.18. The van der Waals surface area contributed by atoms with Gasteiger partial charge in [-0.25, -0.2) is 12.7 Å². The van der Waals surface area contributed by atoms with E-state index in [1.165, 1.54) is 43.3 Å². The van der Waals surface area contributed by atoms with Crippen LogP contribution in [0.15, 0.2) is 24.3 Å². The van der Waals surface area contributed by atoms with Crippen molar-refractivity contribution in [2.24, 2.45) is 0 Å². The molecular weight excluding hydrogens is 334 g/mol. The molecule has 8 nitrogen and oxygen atoms in total. The van der Waals surface area contributed by atoms with Gasteiger partial charge in [0.15, 0.2) is 0 Å². The van der Waals surface area contributed by atoms with Gasteiger partial charge in [-0.1, -0.05) is 0 Å². The predicted molar refractivity (Wildman–Crippen MR) is 88.0 cm³/mol. The molecule has 1 saturated heterocycles. The number of hydrogen-bond donors (Lipinski definition) is 2. The van der Waals surface area contributed by atoms with Crippen LogP contribution < -0.4 is 5.32 Å². The number of sulfonamides is 1. The van der Waals surface area contributed by atoms with Crippen LogP contribution in [0.4, 0.5) is 0 Å². The second kappa shape index (κ2) is 7.18. The van der Waals surface area contributed by atoms with Crippen LogP contribution in [0.2, 0.25) is 0 Å². The first kappa shape index (κ1) is 18.2. The van der Waals surface area contributed by atoms with Crippen molar-refractivity contribution >= 4 is 21.8 Å². The van der Waals surface area contributed by atoms with Crippen molar-refractivity contribution in [3.63, 3.8) is 0 Å². The van der Waals surface area contributed by atoms with Crippen molar-refractivity contribution < 1.29 is 23.1 Å². The first-order chi connectivity index (χ1) is 11.2. The molecule has 0 aliphatic carbocycles. The van der Waals surface area contributed by atoms with Crippen LogP contribution >= 0.6 is 0 Å². The molecule has 1 atom stereocenters. The Hall–Kier alpha value is -2.13. The van der Waals surface area contributed by atoms with E-state index in [4.69, 9.17) is 0 Å². The molecule has 0 unspecified atom stereocenters. The quantitative estimate of drug-likeness (QED) is 0.748. The predicted octanol–water partition coefficient (Wildman–Crippen LogP) is -0.386. The van der Waals surface area contributed by atoms with E-state index in [0.717, 1.165) is 4.31 Å². The zero-order valence-corrected chi connectivity index (χ0v) is 14.4. The summed E-state index contributed by atoms with van der Waals surface area (Å²) in [6, 6.07) is 5.63. The number of nitrogens with zero attached hydrogens (tertiary/aromatic N) is 2. The molecule has 0 spiro atoms. The van der Waals surface area contributed by atoms with Crippen LogP contribution in [0, 0.1) is 0 Å². The third-order valence-electron chi connectivity index (χ3n) is 3.87. The summed E-state index contributed by atoms with van der Waals surface area (Å²) in [5, 5.41) is 12.0. The molecule has 24 heavy (non-hydrogen) atoms. The van der Waals surface area contributed by atoms with E-state index in [1.54, 1.807) is 0 Å². The Morgan fingerprint density at radius 2 is 1.92 bits per heavy atom. The topological polar surface area (TPSA) is 107 Å². The van der Waals surface area contributed by atoms with Gasteiger partial charge in [-0.15, -0.1) is 0 Å². The first-order valence-corrected chi connectivity index (χ1v) is 9.08. The van der Waals surface area contributed by atoms with E-state index in [-0.39, 0.29) is 24.2 Å². The van der Waals surface area contributed by atoms with Gasteiger partial charge in [-0.3, -0.25) is 9.59 Å². The molecule has 1 heterocycles. The molecule has 2 N–H and O–H groups in total. The zero-order chi connectivity index (χ0) is 17.9. The van der Waals surface area contributed by atoms with Gasteiger partial charge in [-0.05, 0) is 30.7 Å². The highest BCUT2D eigenvalue weighted by Gasteiger charge is 2.30. The van der Waals surface area contributed by atoms with Crippen LogP contribution in [0.5, 0.6) is 5.75 Å². The number of aromatic hydroxyl groups is 1. The molecule has 1 fully saturated rings. The van der Waals surface area contributed by atoms with E-state index in [1.807, 2.05) is 0 Å². The Bertz CT molecular complexity index is 715. The minimum absolute atomic E-state index is 0.0753. The molecule has 0 radical (unpaired) electrons. The second-order valence-corrected chi connectivity index (χ2v) is 8.07. The number of phenols is 1. The van der Waals surface area contributed by atoms with Crippen molar-refractivity contribution in [2.45, 2.75) is 12.5 Å². The summed E-state index contributed by atoms with van der Waals surface area (Å²) in [5.41, 5.74) is 0.410. The van der Waals surface area contributed by atoms with E-state index in [0.29, 0.717) is 18.5 Å². The molecule has 1 aliphatic rings. The van der Waals surface area contributed by atoms with Gasteiger partial charge in [0.25, 0.3) is 5.91 Å². The number of benzene rings is 1. The summed E-state index contributed by atoms with van der Waals surface area (Å²) in [7, 11) is -0.827. The van der Waals surface area contributed by atoms with Gasteiger partial charge in [0.1, 0.15) is 11.5 Å². The maximum atomic E-state index is 12.1. The van der Waals surface area contributed by atoms with E-state index in [9.17, 15) is 23.1 Å². The third-order valence-corrected chi connectivity index (χ3v) is 5.59. The summed E-state index contributed by atoms with van der Waals surface area (Å²) in [6.45, 7) is 0.688. The monoisotopic (exact) mass is 355 g/mol. The SMILES string of the molecule is CN(C)S(=O)(=O)CC(=O)N1CC[C@@H](NC(=O)c2ccc(O)cc2)C1. The number of nitrogens with one attached hydrogen (secondary N) is 1. The highest BCUT2D eigenvalue weighted by molar-refractivity contribution is 7.89. The van der Waals surface area contributed by atoms with E-state index in [2.05, 4.69) is 5.32 Å². The van der Waals surface area contributed by atoms with Crippen LogP contribution in [0.25, 0.3) is 0 Å². The van der Waals surface area contributed by atoms with Gasteiger partial charge < -0.3 is 15.3 Å². The Kier molecular flexibility index (Phi) is 5.45. The summed E-state index contributed by atoms with van der Waals surface area (Å²) >= 11 is 0. The maximum Gasteiger partial charge on any atom is 0.251 e. The summed E-state index contributed by atoms with van der Waals surface area (Å²) in [4.78, 5) is 25.6. The number of phenolic OH excluding ortho intramolecular Hbond substituents is 1. The molecule has 132 valence electrons. The van der Waals surface area contributed by atoms with Crippen molar-refractivity contribution in [3.8, 4) is 5.75 Å². The van der Waals surface area contributed by atoms with Gasteiger partial charge in [-0.2, -0.15) is 0 Å². The van der Waals surface area contributed by atoms with Gasteiger partial charge in [0.2, 0.25) is 15.9 Å².